The number of nitrogens with one attached hydrogen (secondary N) is 1. The molecule has 0 spiro atoms. The number of nitrogens with zero attached hydrogens (tertiary/aromatic N) is 4. The van der Waals surface area contributed by atoms with E-state index in [0.29, 0.717) is 23.5 Å². The van der Waals surface area contributed by atoms with E-state index in [1.807, 2.05) is 6.07 Å². The molecule has 0 fully saturated rings. The average Bonchev–Trinajstić information content (AvgIpc) is 3.28. The Morgan fingerprint density at radius 1 is 1.14 bits per heavy atom. The number of hydrogen-bond acceptors (Lipinski definition) is 3. The molecule has 3 aromatic heterocycles. The molecule has 1 N–H and O–H groups in total. The van der Waals surface area contributed by atoms with Crippen LogP contribution in [0.1, 0.15) is 37.0 Å². The second-order valence-corrected chi connectivity index (χ2v) is 7.01. The maximum Gasteiger partial charge on any atom is 0.434 e. The first-order valence-electron chi connectivity index (χ1n) is 8.96. The number of H-pyrrole nitrogens is 1. The molecule has 0 unspecified atom stereocenters. The maximum absolute atomic E-state index is 14.8. The van der Waals surface area contributed by atoms with Crippen molar-refractivity contribution in [2.24, 2.45) is 0 Å². The number of fused-ring (bicyclic) bond motifs is 1. The van der Waals surface area contributed by atoms with Gasteiger partial charge in [-0.15, -0.1) is 0 Å². The Morgan fingerprint density at radius 2 is 1.93 bits per heavy atom. The van der Waals surface area contributed by atoms with Gasteiger partial charge in [-0.3, -0.25) is 0 Å². The van der Waals surface area contributed by atoms with Gasteiger partial charge in [0.25, 0.3) is 0 Å². The lowest BCUT2D eigenvalue weighted by atomic mass is 10.1. The van der Waals surface area contributed by atoms with Crippen LogP contribution in [-0.2, 0) is 12.6 Å². The van der Waals surface area contributed by atoms with Crippen LogP contribution in [0.15, 0.2) is 42.9 Å². The molecular weight excluding hydrogens is 386 g/mol. The number of aromatic amines is 1. The van der Waals surface area contributed by atoms with Gasteiger partial charge in [0.1, 0.15) is 23.1 Å². The Balaban J connectivity index is 1.67. The van der Waals surface area contributed by atoms with Crippen molar-refractivity contribution in [1.29, 1.82) is 0 Å². The lowest BCUT2D eigenvalue weighted by molar-refractivity contribution is -0.140. The zero-order valence-electron chi connectivity index (χ0n) is 15.6. The molecule has 0 radical (unpaired) electrons. The summed E-state index contributed by atoms with van der Waals surface area (Å²) in [5.41, 5.74) is 0.262. The first-order valence-corrected chi connectivity index (χ1v) is 8.96. The molecule has 4 aromatic rings. The number of imidazole rings is 1. The molecule has 1 aromatic carbocycles. The second-order valence-electron chi connectivity index (χ2n) is 7.01. The van der Waals surface area contributed by atoms with Crippen molar-refractivity contribution in [3.05, 3.63) is 65.8 Å². The van der Waals surface area contributed by atoms with E-state index in [1.165, 1.54) is 16.7 Å². The summed E-state index contributed by atoms with van der Waals surface area (Å²) >= 11 is 0. The van der Waals surface area contributed by atoms with E-state index in [0.717, 1.165) is 11.6 Å². The minimum absolute atomic E-state index is 0.0127. The predicted molar refractivity (Wildman–Crippen MR) is 99.7 cm³/mol. The van der Waals surface area contributed by atoms with Crippen molar-refractivity contribution in [3.63, 3.8) is 0 Å². The van der Waals surface area contributed by atoms with E-state index in [4.69, 9.17) is 0 Å². The summed E-state index contributed by atoms with van der Waals surface area (Å²) in [7, 11) is 0. The summed E-state index contributed by atoms with van der Waals surface area (Å²) < 4.78 is 55.3. The van der Waals surface area contributed by atoms with Gasteiger partial charge in [0.15, 0.2) is 5.69 Å². The van der Waals surface area contributed by atoms with E-state index in [-0.39, 0.29) is 17.4 Å². The Kier molecular flexibility index (Phi) is 4.60. The van der Waals surface area contributed by atoms with Crippen LogP contribution >= 0.6 is 0 Å². The minimum atomic E-state index is -4.60. The van der Waals surface area contributed by atoms with Crippen LogP contribution in [0.5, 0.6) is 0 Å². The Bertz CT molecular complexity index is 1170. The van der Waals surface area contributed by atoms with E-state index < -0.39 is 17.7 Å². The van der Waals surface area contributed by atoms with Crippen molar-refractivity contribution >= 4 is 11.0 Å². The zero-order valence-corrected chi connectivity index (χ0v) is 15.6. The fourth-order valence-electron chi connectivity index (χ4n) is 3.12. The first kappa shape index (κ1) is 19.1. The van der Waals surface area contributed by atoms with Gasteiger partial charge in [-0.1, -0.05) is 6.07 Å². The van der Waals surface area contributed by atoms with Gasteiger partial charge in [-0.25, -0.2) is 19.3 Å². The summed E-state index contributed by atoms with van der Waals surface area (Å²) in [5, 5.41) is 0.872. The van der Waals surface area contributed by atoms with Crippen LogP contribution in [0, 0.1) is 5.82 Å². The van der Waals surface area contributed by atoms with Gasteiger partial charge in [-0.05, 0) is 37.6 Å². The lowest BCUT2D eigenvalue weighted by Gasteiger charge is -2.12. The highest BCUT2D eigenvalue weighted by Gasteiger charge is 2.35. The Hall–Kier alpha value is -3.23. The number of aromatic nitrogens is 5. The minimum Gasteiger partial charge on any atom is -0.346 e. The fraction of sp³-hybridized carbons (Fsp3) is 0.250. The van der Waals surface area contributed by atoms with Crippen molar-refractivity contribution < 1.29 is 17.6 Å². The van der Waals surface area contributed by atoms with Crippen LogP contribution in [0.2, 0.25) is 0 Å². The molecule has 4 rings (SSSR count). The van der Waals surface area contributed by atoms with Crippen molar-refractivity contribution in [3.8, 4) is 11.4 Å². The largest absolute Gasteiger partial charge is 0.434 e. The molecule has 0 aliphatic carbocycles. The molecule has 0 bridgehead atoms. The summed E-state index contributed by atoms with van der Waals surface area (Å²) in [6.07, 6.45) is 0.0328. The number of alkyl halides is 3. The third-order valence-electron chi connectivity index (χ3n) is 4.57. The van der Waals surface area contributed by atoms with E-state index in [1.54, 1.807) is 32.3 Å². The molecule has 9 heteroatoms. The molecule has 0 aliphatic heterocycles. The normalized spacial score (nSPS) is 12.2. The van der Waals surface area contributed by atoms with Crippen molar-refractivity contribution in [1.82, 2.24) is 24.5 Å². The third kappa shape index (κ3) is 3.72. The topological polar surface area (TPSA) is 59.4 Å². The number of hydrogen-bond donors (Lipinski definition) is 1. The van der Waals surface area contributed by atoms with Crippen LogP contribution in [-0.4, -0.2) is 24.5 Å². The standard InChI is InChI=1S/C20H17F4N5/c1-11(2)29-10-16(20(22,23)24)27-19(29)14-4-3-12(7-15(14)21)8-17-26-9-13-5-6-25-18(13)28-17/h3-7,9-11H,8H2,1-2H3,(H,25,26,28). The molecule has 150 valence electrons. The van der Waals surface area contributed by atoms with Gasteiger partial charge in [0, 0.05) is 36.4 Å². The highest BCUT2D eigenvalue weighted by atomic mass is 19.4. The molecule has 0 saturated heterocycles. The molecule has 3 heterocycles. The summed E-state index contributed by atoms with van der Waals surface area (Å²) in [4.78, 5) is 15.3. The highest BCUT2D eigenvalue weighted by molar-refractivity contribution is 5.73. The van der Waals surface area contributed by atoms with E-state index in [2.05, 4.69) is 19.9 Å². The monoisotopic (exact) mass is 403 g/mol. The molecule has 29 heavy (non-hydrogen) atoms. The second kappa shape index (κ2) is 6.98. The lowest BCUT2D eigenvalue weighted by Crippen LogP contribution is -2.05. The number of benzene rings is 1. The van der Waals surface area contributed by atoms with Crippen molar-refractivity contribution in [2.45, 2.75) is 32.5 Å². The molecule has 0 atom stereocenters. The van der Waals surface area contributed by atoms with Crippen LogP contribution in [0.4, 0.5) is 17.6 Å². The molecule has 5 nitrogen and oxygen atoms in total. The van der Waals surface area contributed by atoms with Crippen molar-refractivity contribution in [2.75, 3.05) is 0 Å². The van der Waals surface area contributed by atoms with E-state index >= 15 is 0 Å². The third-order valence-corrected chi connectivity index (χ3v) is 4.57. The molecule has 0 aliphatic rings. The summed E-state index contributed by atoms with van der Waals surface area (Å²) in [5.74, 6) is -0.194. The SMILES string of the molecule is CC(C)n1cc(C(F)(F)F)nc1-c1ccc(Cc2ncc3cc[nH]c3n2)cc1F. The molecule has 0 saturated carbocycles. The maximum atomic E-state index is 14.8. The van der Waals surface area contributed by atoms with Gasteiger partial charge < -0.3 is 9.55 Å². The predicted octanol–water partition coefficient (Wildman–Crippen LogP) is 5.15. The zero-order chi connectivity index (χ0) is 20.8. The molecule has 0 amide bonds. The molecular formula is C20H17F4N5. The Morgan fingerprint density at radius 3 is 2.62 bits per heavy atom. The smallest absolute Gasteiger partial charge is 0.346 e. The summed E-state index contributed by atoms with van der Waals surface area (Å²) in [6, 6.07) is 5.91. The number of halogens is 4. The van der Waals surface area contributed by atoms with Crippen LogP contribution in [0.3, 0.4) is 0 Å². The highest BCUT2D eigenvalue weighted by Crippen LogP contribution is 2.33. The fourth-order valence-corrected chi connectivity index (χ4v) is 3.12. The van der Waals surface area contributed by atoms with Gasteiger partial charge in [0.05, 0.1) is 5.56 Å². The first-order chi connectivity index (χ1) is 13.7. The van der Waals surface area contributed by atoms with Crippen LogP contribution in [0.25, 0.3) is 22.4 Å². The van der Waals surface area contributed by atoms with E-state index in [9.17, 15) is 17.6 Å². The number of rotatable bonds is 4. The average molecular weight is 403 g/mol. The van der Waals surface area contributed by atoms with Gasteiger partial charge in [-0.2, -0.15) is 13.2 Å². The van der Waals surface area contributed by atoms with Gasteiger partial charge >= 0.3 is 6.18 Å². The quantitative estimate of drug-likeness (QED) is 0.480. The van der Waals surface area contributed by atoms with Gasteiger partial charge in [0.2, 0.25) is 0 Å². The Labute approximate surface area is 163 Å². The van der Waals surface area contributed by atoms with Crippen LogP contribution < -0.4 is 0 Å². The summed E-state index contributed by atoms with van der Waals surface area (Å²) in [6.45, 7) is 3.43.